The van der Waals surface area contributed by atoms with Gasteiger partial charge in [-0.2, -0.15) is 0 Å². The van der Waals surface area contributed by atoms with Crippen LogP contribution in [0, 0.1) is 0 Å². The molecule has 0 saturated heterocycles. The molecule has 1 aromatic carbocycles. The Bertz CT molecular complexity index is 728. The molecule has 0 heterocycles. The average molecular weight is 467 g/mol. The summed E-state index contributed by atoms with van der Waals surface area (Å²) in [7, 11) is 5.55. The predicted octanol–water partition coefficient (Wildman–Crippen LogP) is 3.65. The van der Waals surface area contributed by atoms with E-state index in [0.29, 0.717) is 24.7 Å². The van der Waals surface area contributed by atoms with Gasteiger partial charge >= 0.3 is 0 Å². The summed E-state index contributed by atoms with van der Waals surface area (Å²) in [6, 6.07) is 4.18. The summed E-state index contributed by atoms with van der Waals surface area (Å²) in [6.07, 6.45) is 3.75. The number of anilines is 1. The largest absolute Gasteiger partial charge is 0.392 e. The molecule has 0 atom stereocenters. The van der Waals surface area contributed by atoms with Crippen LogP contribution >= 0.6 is 15.9 Å². The molecule has 0 amide bonds. The van der Waals surface area contributed by atoms with Crippen molar-refractivity contribution in [3.05, 3.63) is 50.7 Å². The summed E-state index contributed by atoms with van der Waals surface area (Å²) >= 11 is 3.41. The highest BCUT2D eigenvalue weighted by atomic mass is 79.9. The number of hydrogen-bond donors (Lipinski definition) is 4. The summed E-state index contributed by atoms with van der Waals surface area (Å²) in [5, 5.41) is 12.4. The van der Waals surface area contributed by atoms with Gasteiger partial charge in [0.2, 0.25) is 0 Å². The van der Waals surface area contributed by atoms with Gasteiger partial charge in [-0.1, -0.05) is 15.9 Å². The lowest BCUT2D eigenvalue weighted by Gasteiger charge is -2.17. The molecule has 7 heteroatoms. The number of carbonyl (C=O) groups is 2. The number of hydrogen-bond acceptors (Lipinski definition) is 6. The van der Waals surface area contributed by atoms with Gasteiger partial charge < -0.3 is 21.3 Å². The minimum atomic E-state index is 0.337. The minimum Gasteiger partial charge on any atom is -0.392 e. The fourth-order valence-corrected chi connectivity index (χ4v) is 3.01. The van der Waals surface area contributed by atoms with Gasteiger partial charge in [0.05, 0.1) is 0 Å². The molecular formula is C22H35BrN4O2. The van der Waals surface area contributed by atoms with Crippen molar-refractivity contribution < 1.29 is 9.59 Å². The van der Waals surface area contributed by atoms with Crippen LogP contribution in [0.1, 0.15) is 43.6 Å². The van der Waals surface area contributed by atoms with Crippen LogP contribution in [0.25, 0.3) is 0 Å². The Morgan fingerprint density at radius 1 is 1.10 bits per heavy atom. The van der Waals surface area contributed by atoms with Gasteiger partial charge in [0.25, 0.3) is 0 Å². The van der Waals surface area contributed by atoms with Gasteiger partial charge in [0, 0.05) is 53.2 Å². The quantitative estimate of drug-likeness (QED) is 0.239. The molecule has 0 bridgehead atoms. The predicted molar refractivity (Wildman–Crippen MR) is 127 cm³/mol. The van der Waals surface area contributed by atoms with Gasteiger partial charge in [0.1, 0.15) is 12.6 Å². The normalized spacial score (nSPS) is 12.0. The molecule has 0 saturated carbocycles. The van der Waals surface area contributed by atoms with Gasteiger partial charge in [0.15, 0.2) is 0 Å². The first kappa shape index (κ1) is 27.0. The SMILES string of the molecule is CNC/C(C=O)=C(C)/C=C(/C)NC.CNCc1c(C=O)cc(Br)cc1NC(C)C. The average Bonchev–Trinajstić information content (AvgIpc) is 2.67. The maximum absolute atomic E-state index is 11.0. The lowest BCUT2D eigenvalue weighted by molar-refractivity contribution is -0.105. The summed E-state index contributed by atoms with van der Waals surface area (Å²) < 4.78 is 0.914. The van der Waals surface area contributed by atoms with Gasteiger partial charge in [-0.3, -0.25) is 9.59 Å². The highest BCUT2D eigenvalue weighted by Gasteiger charge is 2.10. The maximum Gasteiger partial charge on any atom is 0.150 e. The molecule has 0 fully saturated rings. The van der Waals surface area contributed by atoms with Crippen molar-refractivity contribution in [2.24, 2.45) is 0 Å². The standard InChI is InChI=1S/C12H17BrN2O.C10H18N2O/c1-8(2)15-12-5-10(13)4-9(7-16)11(12)6-14-3;1-8(5-9(2)12-4)10(7-13)6-11-3/h4-5,7-8,14-15H,6H2,1-3H3;5,7,11-12H,6H2,1-4H3/b;9-5-,10-8-. The Morgan fingerprint density at radius 2 is 1.76 bits per heavy atom. The van der Waals surface area contributed by atoms with Crippen LogP contribution in [-0.2, 0) is 11.3 Å². The molecule has 6 nitrogen and oxygen atoms in total. The van der Waals surface area contributed by atoms with E-state index < -0.39 is 0 Å². The van der Waals surface area contributed by atoms with Crippen LogP contribution in [0.15, 0.2) is 39.5 Å². The van der Waals surface area contributed by atoms with Crippen molar-refractivity contribution in [3.63, 3.8) is 0 Å². The van der Waals surface area contributed by atoms with E-state index in [9.17, 15) is 9.59 Å². The molecule has 0 aliphatic carbocycles. The molecule has 0 aliphatic rings. The smallest absolute Gasteiger partial charge is 0.150 e. The Hall–Kier alpha value is -1.96. The van der Waals surface area contributed by atoms with Crippen molar-refractivity contribution in [2.45, 2.75) is 40.3 Å². The summed E-state index contributed by atoms with van der Waals surface area (Å²) in [4.78, 5) is 21.7. The molecule has 0 spiro atoms. The van der Waals surface area contributed by atoms with Gasteiger partial charge in [-0.15, -0.1) is 0 Å². The van der Waals surface area contributed by atoms with E-state index in [2.05, 4.69) is 51.0 Å². The molecule has 0 aromatic heterocycles. The molecule has 0 radical (unpaired) electrons. The Kier molecular flexibility index (Phi) is 13.9. The molecule has 4 N–H and O–H groups in total. The van der Waals surface area contributed by atoms with E-state index in [0.717, 1.165) is 45.1 Å². The van der Waals surface area contributed by atoms with E-state index >= 15 is 0 Å². The van der Waals surface area contributed by atoms with E-state index in [1.165, 1.54) is 0 Å². The molecule has 0 unspecified atom stereocenters. The molecule has 162 valence electrons. The van der Waals surface area contributed by atoms with Crippen LogP contribution in [0.2, 0.25) is 0 Å². The first-order valence-corrected chi connectivity index (χ1v) is 10.4. The lowest BCUT2D eigenvalue weighted by Crippen LogP contribution is -2.16. The Labute approximate surface area is 183 Å². The van der Waals surface area contributed by atoms with Crippen LogP contribution < -0.4 is 21.3 Å². The zero-order valence-electron chi connectivity index (χ0n) is 18.6. The third-order valence-electron chi connectivity index (χ3n) is 4.02. The van der Waals surface area contributed by atoms with Crippen molar-refractivity contribution in [1.82, 2.24) is 16.0 Å². The molecule has 0 aliphatic heterocycles. The van der Waals surface area contributed by atoms with E-state index in [1.54, 1.807) is 0 Å². The monoisotopic (exact) mass is 466 g/mol. The zero-order chi connectivity index (χ0) is 22.4. The molecule has 1 rings (SSSR count). The third kappa shape index (κ3) is 10.4. The molecular weight excluding hydrogens is 432 g/mol. The van der Waals surface area contributed by atoms with E-state index in [4.69, 9.17) is 0 Å². The Morgan fingerprint density at radius 3 is 2.21 bits per heavy atom. The number of rotatable bonds is 10. The number of allylic oxidation sites excluding steroid dienone is 3. The topological polar surface area (TPSA) is 82.3 Å². The second-order valence-corrected chi connectivity index (χ2v) is 7.82. The first-order chi connectivity index (χ1) is 13.7. The number of benzene rings is 1. The lowest BCUT2D eigenvalue weighted by atomic mass is 10.1. The fraction of sp³-hybridized carbons (Fsp3) is 0.455. The molecule has 1 aromatic rings. The van der Waals surface area contributed by atoms with Crippen molar-refractivity contribution in [1.29, 1.82) is 0 Å². The van der Waals surface area contributed by atoms with Crippen LogP contribution in [-0.4, -0.2) is 46.3 Å². The summed E-state index contributed by atoms with van der Waals surface area (Å²) in [6.45, 7) is 9.34. The van der Waals surface area contributed by atoms with Crippen molar-refractivity contribution >= 4 is 34.2 Å². The third-order valence-corrected chi connectivity index (χ3v) is 4.48. The van der Waals surface area contributed by atoms with Crippen LogP contribution in [0.4, 0.5) is 5.69 Å². The number of halogens is 1. The van der Waals surface area contributed by atoms with Crippen LogP contribution in [0.5, 0.6) is 0 Å². The highest BCUT2D eigenvalue weighted by Crippen LogP contribution is 2.25. The Balaban J connectivity index is 0.000000555. The first-order valence-electron chi connectivity index (χ1n) is 9.58. The maximum atomic E-state index is 11.0. The van der Waals surface area contributed by atoms with Crippen molar-refractivity contribution in [3.8, 4) is 0 Å². The van der Waals surface area contributed by atoms with Crippen molar-refractivity contribution in [2.75, 3.05) is 33.0 Å². The summed E-state index contributed by atoms with van der Waals surface area (Å²) in [5.74, 6) is 0. The van der Waals surface area contributed by atoms with E-state index in [1.807, 2.05) is 53.2 Å². The van der Waals surface area contributed by atoms with Crippen LogP contribution in [0.3, 0.4) is 0 Å². The fourth-order valence-electron chi connectivity index (χ4n) is 2.53. The number of carbonyl (C=O) groups excluding carboxylic acids is 2. The van der Waals surface area contributed by atoms with E-state index in [-0.39, 0.29) is 0 Å². The van der Waals surface area contributed by atoms with Gasteiger partial charge in [-0.25, -0.2) is 0 Å². The second kappa shape index (κ2) is 15.0. The highest BCUT2D eigenvalue weighted by molar-refractivity contribution is 9.10. The molecule has 29 heavy (non-hydrogen) atoms. The number of aldehydes is 2. The second-order valence-electron chi connectivity index (χ2n) is 6.90. The number of likely N-dealkylation sites (N-methyl/N-ethyl adjacent to an activating group) is 1. The summed E-state index contributed by atoms with van der Waals surface area (Å²) in [5.41, 5.74) is 5.56. The zero-order valence-corrected chi connectivity index (χ0v) is 20.2. The van der Waals surface area contributed by atoms with Gasteiger partial charge in [-0.05, 0) is 71.1 Å². The minimum absolute atomic E-state index is 0.337. The number of nitrogens with one attached hydrogen (secondary N) is 4.